The van der Waals surface area contributed by atoms with Gasteiger partial charge in [-0.3, -0.25) is 4.98 Å². The van der Waals surface area contributed by atoms with Crippen LogP contribution in [0.5, 0.6) is 5.75 Å². The molecule has 9 nitrogen and oxygen atoms in total. The Labute approximate surface area is 176 Å². The fourth-order valence-electron chi connectivity index (χ4n) is 3.37. The molecular formula is C21H17FN8O. The SMILES string of the molecule is COc1cncc(-c2nn(C(C)c3cn(-c4ccccc4F)nn3)c3ncncc23)c1. The molecule has 10 heteroatoms. The van der Waals surface area contributed by atoms with Crippen molar-refractivity contribution in [1.29, 1.82) is 0 Å². The molecule has 0 amide bonds. The number of fused-ring (bicyclic) bond motifs is 1. The van der Waals surface area contributed by atoms with Crippen molar-refractivity contribution in [2.24, 2.45) is 0 Å². The Kier molecular flexibility index (Phi) is 4.58. The van der Waals surface area contributed by atoms with Crippen molar-refractivity contribution >= 4 is 11.0 Å². The number of ether oxygens (including phenoxy) is 1. The van der Waals surface area contributed by atoms with Crippen molar-refractivity contribution in [2.75, 3.05) is 7.11 Å². The largest absolute Gasteiger partial charge is 0.495 e. The number of aromatic nitrogens is 8. The lowest BCUT2D eigenvalue weighted by molar-refractivity contribution is 0.413. The first-order valence-corrected chi connectivity index (χ1v) is 9.50. The van der Waals surface area contributed by atoms with Gasteiger partial charge in [-0.15, -0.1) is 5.10 Å². The summed E-state index contributed by atoms with van der Waals surface area (Å²) < 4.78 is 22.6. The van der Waals surface area contributed by atoms with Gasteiger partial charge in [0, 0.05) is 18.0 Å². The molecule has 5 aromatic rings. The maximum Gasteiger partial charge on any atom is 0.162 e. The smallest absolute Gasteiger partial charge is 0.162 e. The van der Waals surface area contributed by atoms with Crippen molar-refractivity contribution in [3.8, 4) is 22.7 Å². The number of benzene rings is 1. The molecule has 0 N–H and O–H groups in total. The molecule has 154 valence electrons. The first kappa shape index (κ1) is 18.8. The maximum absolute atomic E-state index is 14.1. The Hall–Kier alpha value is -4.21. The standard InChI is InChI=1S/C21H17FN8O/c1-13(18-11-29(28-26-18)19-6-4-3-5-17(19)22)30-21-16(10-24-12-25-21)20(27-30)14-7-15(31-2)9-23-8-14/h3-13H,1-2H3. The molecule has 0 spiro atoms. The van der Waals surface area contributed by atoms with Crippen molar-refractivity contribution in [2.45, 2.75) is 13.0 Å². The quantitative estimate of drug-likeness (QED) is 0.434. The third-order valence-corrected chi connectivity index (χ3v) is 5.00. The number of hydrogen-bond acceptors (Lipinski definition) is 7. The lowest BCUT2D eigenvalue weighted by Crippen LogP contribution is -2.10. The van der Waals surface area contributed by atoms with Gasteiger partial charge in [-0.25, -0.2) is 23.7 Å². The molecule has 0 bridgehead atoms. The van der Waals surface area contributed by atoms with Crippen LogP contribution >= 0.6 is 0 Å². The van der Waals surface area contributed by atoms with Crippen LogP contribution in [0.1, 0.15) is 18.7 Å². The zero-order valence-electron chi connectivity index (χ0n) is 16.7. The van der Waals surface area contributed by atoms with E-state index >= 15 is 0 Å². The van der Waals surface area contributed by atoms with Crippen LogP contribution in [0.25, 0.3) is 28.0 Å². The summed E-state index contributed by atoms with van der Waals surface area (Å²) in [5.74, 6) is 0.245. The van der Waals surface area contributed by atoms with Gasteiger partial charge >= 0.3 is 0 Å². The van der Waals surface area contributed by atoms with Crippen LogP contribution in [0.15, 0.2) is 61.4 Å². The van der Waals surface area contributed by atoms with E-state index in [0.29, 0.717) is 28.5 Å². The molecule has 0 aliphatic rings. The highest BCUT2D eigenvalue weighted by atomic mass is 19.1. The van der Waals surface area contributed by atoms with Crippen LogP contribution in [0.2, 0.25) is 0 Å². The molecular weight excluding hydrogens is 399 g/mol. The van der Waals surface area contributed by atoms with Gasteiger partial charge in [0.05, 0.1) is 30.9 Å². The van der Waals surface area contributed by atoms with Gasteiger partial charge in [0.25, 0.3) is 0 Å². The minimum Gasteiger partial charge on any atom is -0.495 e. The third-order valence-electron chi connectivity index (χ3n) is 5.00. The number of methoxy groups -OCH3 is 1. The van der Waals surface area contributed by atoms with Gasteiger partial charge in [-0.1, -0.05) is 17.3 Å². The molecule has 4 aromatic heterocycles. The van der Waals surface area contributed by atoms with Crippen molar-refractivity contribution < 1.29 is 9.13 Å². The highest BCUT2D eigenvalue weighted by Crippen LogP contribution is 2.30. The number of pyridine rings is 1. The van der Waals surface area contributed by atoms with Crippen LogP contribution in [-0.4, -0.2) is 46.8 Å². The number of rotatable bonds is 5. The van der Waals surface area contributed by atoms with E-state index in [1.54, 1.807) is 54.8 Å². The van der Waals surface area contributed by atoms with E-state index < -0.39 is 0 Å². The fraction of sp³-hybridized carbons (Fsp3) is 0.143. The number of para-hydroxylation sites is 1. The van der Waals surface area contributed by atoms with Gasteiger partial charge < -0.3 is 4.74 Å². The summed E-state index contributed by atoms with van der Waals surface area (Å²) in [4.78, 5) is 12.8. The van der Waals surface area contributed by atoms with Crippen molar-refractivity contribution in [3.63, 3.8) is 0 Å². The molecule has 5 rings (SSSR count). The predicted octanol–water partition coefficient (Wildman–Crippen LogP) is 3.23. The second-order valence-electron chi connectivity index (χ2n) is 6.88. The number of halogens is 1. The molecule has 0 aliphatic heterocycles. The molecule has 0 saturated heterocycles. The normalized spacial score (nSPS) is 12.2. The second-order valence-corrected chi connectivity index (χ2v) is 6.88. The summed E-state index contributed by atoms with van der Waals surface area (Å²) in [5, 5.41) is 13.9. The van der Waals surface area contributed by atoms with Gasteiger partial charge in [0.1, 0.15) is 35.0 Å². The summed E-state index contributed by atoms with van der Waals surface area (Å²) in [5.41, 5.74) is 3.03. The van der Waals surface area contributed by atoms with Crippen LogP contribution < -0.4 is 4.74 Å². The fourth-order valence-corrected chi connectivity index (χ4v) is 3.37. The maximum atomic E-state index is 14.1. The van der Waals surface area contributed by atoms with E-state index in [1.165, 1.54) is 17.1 Å². The monoisotopic (exact) mass is 416 g/mol. The van der Waals surface area contributed by atoms with Crippen LogP contribution in [0.3, 0.4) is 0 Å². The van der Waals surface area contributed by atoms with Gasteiger partial charge in [-0.05, 0) is 25.1 Å². The van der Waals surface area contributed by atoms with Crippen molar-refractivity contribution in [3.05, 3.63) is 73.0 Å². The lowest BCUT2D eigenvalue weighted by Gasteiger charge is -2.09. The van der Waals surface area contributed by atoms with E-state index in [9.17, 15) is 4.39 Å². The minimum atomic E-state index is -0.378. The topological polar surface area (TPSA) is 96.4 Å². The van der Waals surface area contributed by atoms with E-state index in [4.69, 9.17) is 9.84 Å². The van der Waals surface area contributed by atoms with Crippen molar-refractivity contribution in [1.82, 2.24) is 39.7 Å². The van der Waals surface area contributed by atoms with E-state index in [-0.39, 0.29) is 11.9 Å². The molecule has 31 heavy (non-hydrogen) atoms. The molecule has 0 saturated carbocycles. The number of hydrogen-bond donors (Lipinski definition) is 0. The van der Waals surface area contributed by atoms with Crippen LogP contribution in [0, 0.1) is 5.82 Å². The molecule has 0 radical (unpaired) electrons. The molecule has 0 fully saturated rings. The average molecular weight is 416 g/mol. The predicted molar refractivity (Wildman–Crippen MR) is 110 cm³/mol. The summed E-state index contributed by atoms with van der Waals surface area (Å²) in [6.45, 7) is 1.93. The molecule has 1 atom stereocenters. The van der Waals surface area contributed by atoms with Crippen LogP contribution in [-0.2, 0) is 0 Å². The van der Waals surface area contributed by atoms with Crippen LogP contribution in [0.4, 0.5) is 4.39 Å². The second kappa shape index (κ2) is 7.56. The Morgan fingerprint density at radius 3 is 2.81 bits per heavy atom. The van der Waals surface area contributed by atoms with Gasteiger partial charge in [0.2, 0.25) is 0 Å². The molecule has 4 heterocycles. The molecule has 1 unspecified atom stereocenters. The first-order chi connectivity index (χ1) is 15.2. The van der Waals surface area contributed by atoms with Gasteiger partial charge in [0.15, 0.2) is 5.65 Å². The third kappa shape index (κ3) is 3.27. The Bertz CT molecular complexity index is 1380. The van der Waals surface area contributed by atoms with E-state index in [0.717, 1.165) is 10.9 Å². The zero-order valence-corrected chi connectivity index (χ0v) is 16.7. The Morgan fingerprint density at radius 1 is 1.10 bits per heavy atom. The number of nitrogens with zero attached hydrogens (tertiary/aromatic N) is 8. The average Bonchev–Trinajstić information content (AvgIpc) is 3.45. The van der Waals surface area contributed by atoms with E-state index in [1.807, 2.05) is 13.0 Å². The summed E-state index contributed by atoms with van der Waals surface area (Å²) in [6.07, 6.45) is 8.20. The summed E-state index contributed by atoms with van der Waals surface area (Å²) in [6, 6.07) is 7.94. The zero-order chi connectivity index (χ0) is 21.4. The highest BCUT2D eigenvalue weighted by Gasteiger charge is 2.21. The van der Waals surface area contributed by atoms with Gasteiger partial charge in [-0.2, -0.15) is 5.10 Å². The summed E-state index contributed by atoms with van der Waals surface area (Å²) in [7, 11) is 1.58. The highest BCUT2D eigenvalue weighted by molar-refractivity contribution is 5.90. The Morgan fingerprint density at radius 2 is 1.97 bits per heavy atom. The lowest BCUT2D eigenvalue weighted by atomic mass is 10.1. The minimum absolute atomic E-state index is 0.315. The molecule has 1 aromatic carbocycles. The van der Waals surface area contributed by atoms with E-state index in [2.05, 4.69) is 25.3 Å². The Balaban J connectivity index is 1.59. The first-order valence-electron chi connectivity index (χ1n) is 9.50. The summed E-state index contributed by atoms with van der Waals surface area (Å²) >= 11 is 0. The molecule has 0 aliphatic carbocycles.